The molecule has 170 valence electrons. The number of primary amides is 1. The first-order valence-electron chi connectivity index (χ1n) is 11.3. The molecule has 1 saturated carbocycles. The lowest BCUT2D eigenvalue weighted by Gasteiger charge is -2.26. The predicted molar refractivity (Wildman–Crippen MR) is 122 cm³/mol. The Morgan fingerprint density at radius 1 is 1.00 bits per heavy atom. The lowest BCUT2D eigenvalue weighted by atomic mass is 9.92. The third-order valence-corrected chi connectivity index (χ3v) is 7.28. The molecule has 2 N–H and O–H groups in total. The number of nitrogens with zero attached hydrogens (tertiary/aromatic N) is 3. The fourth-order valence-electron chi connectivity index (χ4n) is 5.21. The number of hydrogen-bond donors (Lipinski definition) is 1. The summed E-state index contributed by atoms with van der Waals surface area (Å²) in [6.45, 7) is 0.890. The maximum absolute atomic E-state index is 13.6. The van der Waals surface area contributed by atoms with E-state index in [9.17, 15) is 14.4 Å². The van der Waals surface area contributed by atoms with Gasteiger partial charge in [-0.1, -0.05) is 18.2 Å². The summed E-state index contributed by atoms with van der Waals surface area (Å²) in [6.07, 6.45) is 7.08. The highest BCUT2D eigenvalue weighted by atomic mass is 16.6. The monoisotopic (exact) mass is 454 g/mol. The lowest BCUT2D eigenvalue weighted by molar-refractivity contribution is -0.134. The fourth-order valence-corrected chi connectivity index (χ4v) is 5.21. The van der Waals surface area contributed by atoms with Crippen molar-refractivity contribution >= 4 is 17.8 Å². The summed E-state index contributed by atoms with van der Waals surface area (Å²) in [5, 5.41) is 0. The van der Waals surface area contributed by atoms with Crippen molar-refractivity contribution in [2.24, 2.45) is 5.73 Å². The number of carbonyl (C=O) groups is 3. The van der Waals surface area contributed by atoms with Gasteiger partial charge in [-0.2, -0.15) is 0 Å². The summed E-state index contributed by atoms with van der Waals surface area (Å²) in [4.78, 5) is 47.7. The molecule has 34 heavy (non-hydrogen) atoms. The number of amides is 2. The van der Waals surface area contributed by atoms with Crippen LogP contribution in [0.25, 0.3) is 11.3 Å². The molecule has 1 aliphatic carbocycles. The molecular weight excluding hydrogens is 432 g/mol. The van der Waals surface area contributed by atoms with E-state index in [-0.39, 0.29) is 11.9 Å². The van der Waals surface area contributed by atoms with E-state index in [2.05, 4.69) is 9.97 Å². The van der Waals surface area contributed by atoms with Crippen LogP contribution >= 0.6 is 0 Å². The van der Waals surface area contributed by atoms with Crippen LogP contribution in [0.3, 0.4) is 0 Å². The Bertz CT molecular complexity index is 1330. The van der Waals surface area contributed by atoms with Gasteiger partial charge in [-0.05, 0) is 42.7 Å². The third kappa shape index (κ3) is 3.02. The van der Waals surface area contributed by atoms with Gasteiger partial charge in [0.1, 0.15) is 0 Å². The number of benzene rings is 1. The van der Waals surface area contributed by atoms with Gasteiger partial charge in [0.25, 0.3) is 0 Å². The number of carbonyl (C=O) groups excluding carboxylic acids is 3. The highest BCUT2D eigenvalue weighted by Gasteiger charge is 2.58. The highest BCUT2D eigenvalue weighted by molar-refractivity contribution is 5.96. The molecule has 6 rings (SSSR count). The summed E-state index contributed by atoms with van der Waals surface area (Å²) in [5.41, 5.74) is 8.22. The van der Waals surface area contributed by atoms with Crippen LogP contribution in [0.5, 0.6) is 0 Å². The standard InChI is InChI=1S/C26H22N4O4/c27-22(31)17-3-1-16(2-4-17)21-6-5-18(13-29-21)25(8-9-25)24(33)30-12-10-26(15-30)20-7-11-28-14-19(20)23(32)34-26/h1-7,11,13-14H,8-10,12,15H2,(H2,27,31)/t26-/m0/s1. The van der Waals surface area contributed by atoms with Gasteiger partial charge >= 0.3 is 5.97 Å². The van der Waals surface area contributed by atoms with Crippen molar-refractivity contribution in [1.29, 1.82) is 0 Å². The molecule has 4 heterocycles. The average molecular weight is 454 g/mol. The molecule has 8 nitrogen and oxygen atoms in total. The first-order chi connectivity index (χ1) is 16.4. The lowest BCUT2D eigenvalue weighted by Crippen LogP contribution is -2.40. The van der Waals surface area contributed by atoms with Gasteiger partial charge in [-0.3, -0.25) is 19.6 Å². The van der Waals surface area contributed by atoms with Gasteiger partial charge in [-0.25, -0.2) is 4.79 Å². The van der Waals surface area contributed by atoms with Crippen LogP contribution in [0.4, 0.5) is 0 Å². The minimum absolute atomic E-state index is 0.0586. The van der Waals surface area contributed by atoms with E-state index in [4.69, 9.17) is 10.5 Å². The minimum Gasteiger partial charge on any atom is -0.449 e. The van der Waals surface area contributed by atoms with Crippen molar-refractivity contribution in [2.75, 3.05) is 13.1 Å². The molecule has 3 aromatic rings. The molecule has 2 aromatic heterocycles. The normalized spacial score (nSPS) is 21.9. The van der Waals surface area contributed by atoms with Crippen LogP contribution < -0.4 is 5.73 Å². The molecule has 2 fully saturated rings. The zero-order valence-corrected chi connectivity index (χ0v) is 18.4. The molecule has 8 heteroatoms. The van der Waals surface area contributed by atoms with E-state index in [1.54, 1.807) is 36.7 Å². The summed E-state index contributed by atoms with van der Waals surface area (Å²) >= 11 is 0. The van der Waals surface area contributed by atoms with Gasteiger partial charge in [0.2, 0.25) is 11.8 Å². The second-order valence-corrected chi connectivity index (χ2v) is 9.24. The fraction of sp³-hybridized carbons (Fsp3) is 0.269. The quantitative estimate of drug-likeness (QED) is 0.606. The maximum atomic E-state index is 13.6. The molecule has 1 spiro atoms. The summed E-state index contributed by atoms with van der Waals surface area (Å²) in [5.74, 6) is -0.786. The molecule has 1 atom stereocenters. The minimum atomic E-state index is -0.778. The van der Waals surface area contributed by atoms with E-state index in [0.29, 0.717) is 30.6 Å². The first kappa shape index (κ1) is 20.5. The molecule has 1 aromatic carbocycles. The van der Waals surface area contributed by atoms with Gasteiger partial charge < -0.3 is 15.4 Å². The van der Waals surface area contributed by atoms with Crippen LogP contribution in [-0.2, 0) is 20.5 Å². The number of pyridine rings is 2. The average Bonchev–Trinajstić information content (AvgIpc) is 3.50. The van der Waals surface area contributed by atoms with E-state index >= 15 is 0 Å². The molecule has 0 unspecified atom stereocenters. The van der Waals surface area contributed by atoms with E-state index in [0.717, 1.165) is 35.2 Å². The number of aromatic nitrogens is 2. The largest absolute Gasteiger partial charge is 0.449 e. The topological polar surface area (TPSA) is 115 Å². The van der Waals surface area contributed by atoms with Crippen LogP contribution in [0.15, 0.2) is 61.1 Å². The van der Waals surface area contributed by atoms with Gasteiger partial charge in [-0.15, -0.1) is 0 Å². The Hall–Kier alpha value is -4.07. The summed E-state index contributed by atoms with van der Waals surface area (Å²) in [6, 6.07) is 12.6. The molecule has 3 aliphatic rings. The Balaban J connectivity index is 1.22. The Labute approximate surface area is 195 Å². The van der Waals surface area contributed by atoms with E-state index < -0.39 is 16.9 Å². The molecule has 0 radical (unpaired) electrons. The molecule has 2 aliphatic heterocycles. The van der Waals surface area contributed by atoms with Gasteiger partial charge in [0, 0.05) is 48.2 Å². The van der Waals surface area contributed by atoms with Crippen LogP contribution in [-0.4, -0.2) is 45.7 Å². The summed E-state index contributed by atoms with van der Waals surface area (Å²) < 4.78 is 5.77. The number of fused-ring (bicyclic) bond motifs is 2. The number of hydrogen-bond acceptors (Lipinski definition) is 6. The molecule has 2 amide bonds. The Morgan fingerprint density at radius 3 is 2.47 bits per heavy atom. The molecule has 1 saturated heterocycles. The number of rotatable bonds is 4. The van der Waals surface area contributed by atoms with Crippen molar-refractivity contribution in [3.63, 3.8) is 0 Å². The van der Waals surface area contributed by atoms with Gasteiger partial charge in [0.15, 0.2) is 5.60 Å². The van der Waals surface area contributed by atoms with Crippen LogP contribution in [0.2, 0.25) is 0 Å². The Morgan fingerprint density at radius 2 is 1.79 bits per heavy atom. The zero-order chi connectivity index (χ0) is 23.5. The predicted octanol–water partition coefficient (Wildman–Crippen LogP) is 2.57. The number of esters is 1. The van der Waals surface area contributed by atoms with Crippen molar-refractivity contribution < 1.29 is 19.1 Å². The SMILES string of the molecule is NC(=O)c1ccc(-c2ccc(C3(C(=O)N4CC[C@@]5(C4)OC(=O)c4cnccc45)CC3)cn2)cc1. The van der Waals surface area contributed by atoms with Crippen molar-refractivity contribution in [3.8, 4) is 11.3 Å². The van der Waals surface area contributed by atoms with Gasteiger partial charge in [0.05, 0.1) is 23.2 Å². The van der Waals surface area contributed by atoms with E-state index in [1.807, 2.05) is 23.1 Å². The number of likely N-dealkylation sites (tertiary alicyclic amines) is 1. The smallest absolute Gasteiger partial charge is 0.341 e. The van der Waals surface area contributed by atoms with Crippen molar-refractivity contribution in [2.45, 2.75) is 30.3 Å². The second kappa shape index (κ2) is 7.21. The molecule has 0 bridgehead atoms. The van der Waals surface area contributed by atoms with E-state index in [1.165, 1.54) is 6.20 Å². The third-order valence-electron chi connectivity index (χ3n) is 7.28. The van der Waals surface area contributed by atoms with Crippen LogP contribution in [0.1, 0.15) is 51.1 Å². The molecular formula is C26H22N4O4. The number of nitrogens with two attached hydrogens (primary N) is 1. The van der Waals surface area contributed by atoms with Crippen LogP contribution in [0, 0.1) is 0 Å². The highest BCUT2D eigenvalue weighted by Crippen LogP contribution is 2.52. The maximum Gasteiger partial charge on any atom is 0.341 e. The summed E-state index contributed by atoms with van der Waals surface area (Å²) in [7, 11) is 0. The second-order valence-electron chi connectivity index (χ2n) is 9.24. The Kier molecular flexibility index (Phi) is 4.36. The van der Waals surface area contributed by atoms with Crippen molar-refractivity contribution in [3.05, 3.63) is 83.3 Å². The first-order valence-corrected chi connectivity index (χ1v) is 11.3. The number of ether oxygens (including phenoxy) is 1. The zero-order valence-electron chi connectivity index (χ0n) is 18.4. The van der Waals surface area contributed by atoms with Crippen molar-refractivity contribution in [1.82, 2.24) is 14.9 Å².